The normalized spacial score (nSPS) is 23.2. The molecule has 0 aliphatic carbocycles. The zero-order chi connectivity index (χ0) is 11.4. The molecule has 0 aromatic carbocycles. The quantitative estimate of drug-likeness (QED) is 0.806. The third-order valence-electron chi connectivity index (χ3n) is 3.26. The average molecular weight is 286 g/mol. The monoisotopic (exact) mass is 285 g/mol. The molecule has 1 aliphatic rings. The number of hydrogen-bond donors (Lipinski definition) is 2. The van der Waals surface area contributed by atoms with Crippen LogP contribution in [0.15, 0.2) is 0 Å². The predicted octanol–water partition coefficient (Wildman–Crippen LogP) is 0.881. The number of rotatable bonds is 4. The SMILES string of the molecule is CC(N)C(C)C(=O)NCC1CCN(C)C1.Cl.Cl. The largest absolute Gasteiger partial charge is 0.355 e. The number of carbonyl (C=O) groups excluding carboxylic acids is 1. The second-order valence-electron chi connectivity index (χ2n) is 4.81. The summed E-state index contributed by atoms with van der Waals surface area (Å²) in [5.74, 6) is 0.600. The van der Waals surface area contributed by atoms with Crippen LogP contribution in [-0.4, -0.2) is 43.5 Å². The summed E-state index contributed by atoms with van der Waals surface area (Å²) in [7, 11) is 2.12. The molecule has 4 nitrogen and oxygen atoms in total. The van der Waals surface area contributed by atoms with Gasteiger partial charge in [0, 0.05) is 25.0 Å². The van der Waals surface area contributed by atoms with Crippen LogP contribution in [0.2, 0.25) is 0 Å². The van der Waals surface area contributed by atoms with Crippen molar-refractivity contribution in [1.29, 1.82) is 0 Å². The first-order chi connectivity index (χ1) is 7.00. The zero-order valence-electron chi connectivity index (χ0n) is 10.8. The minimum atomic E-state index is -0.0934. The van der Waals surface area contributed by atoms with E-state index in [1.54, 1.807) is 0 Å². The maximum atomic E-state index is 11.6. The van der Waals surface area contributed by atoms with Crippen LogP contribution < -0.4 is 11.1 Å². The van der Waals surface area contributed by atoms with E-state index in [4.69, 9.17) is 5.73 Å². The Kier molecular flexibility index (Phi) is 10.2. The van der Waals surface area contributed by atoms with E-state index in [1.165, 1.54) is 6.42 Å². The van der Waals surface area contributed by atoms with Gasteiger partial charge in [-0.15, -0.1) is 24.8 Å². The molecule has 0 spiro atoms. The number of carbonyl (C=O) groups is 1. The lowest BCUT2D eigenvalue weighted by Gasteiger charge is -2.17. The third-order valence-corrected chi connectivity index (χ3v) is 3.26. The minimum Gasteiger partial charge on any atom is -0.355 e. The van der Waals surface area contributed by atoms with E-state index < -0.39 is 0 Å². The maximum absolute atomic E-state index is 11.6. The molecular weight excluding hydrogens is 261 g/mol. The zero-order valence-corrected chi connectivity index (χ0v) is 12.4. The Bertz CT molecular complexity index is 227. The highest BCUT2D eigenvalue weighted by molar-refractivity contribution is 5.85. The van der Waals surface area contributed by atoms with Gasteiger partial charge in [0.1, 0.15) is 0 Å². The van der Waals surface area contributed by atoms with Crippen molar-refractivity contribution in [3.63, 3.8) is 0 Å². The lowest BCUT2D eigenvalue weighted by molar-refractivity contribution is -0.125. The summed E-state index contributed by atoms with van der Waals surface area (Å²) in [5.41, 5.74) is 5.67. The van der Waals surface area contributed by atoms with E-state index in [9.17, 15) is 4.79 Å². The van der Waals surface area contributed by atoms with Gasteiger partial charge in [-0.1, -0.05) is 6.92 Å². The van der Waals surface area contributed by atoms with Gasteiger partial charge in [-0.05, 0) is 32.9 Å². The van der Waals surface area contributed by atoms with Crippen LogP contribution in [0.4, 0.5) is 0 Å². The smallest absolute Gasteiger partial charge is 0.224 e. The summed E-state index contributed by atoms with van der Waals surface area (Å²) >= 11 is 0. The number of likely N-dealkylation sites (tertiary alicyclic amines) is 1. The first-order valence-corrected chi connectivity index (χ1v) is 5.72. The molecule has 3 atom stereocenters. The first kappa shape index (κ1) is 19.3. The van der Waals surface area contributed by atoms with Gasteiger partial charge in [0.15, 0.2) is 0 Å². The number of nitrogens with zero attached hydrogens (tertiary/aromatic N) is 1. The van der Waals surface area contributed by atoms with Crippen LogP contribution in [-0.2, 0) is 4.79 Å². The van der Waals surface area contributed by atoms with Crippen molar-refractivity contribution in [2.45, 2.75) is 26.3 Å². The highest BCUT2D eigenvalue weighted by atomic mass is 35.5. The Hall–Kier alpha value is -0.0300. The molecule has 1 aliphatic heterocycles. The van der Waals surface area contributed by atoms with E-state index in [2.05, 4.69) is 17.3 Å². The van der Waals surface area contributed by atoms with Gasteiger partial charge in [0.25, 0.3) is 0 Å². The summed E-state index contributed by atoms with van der Waals surface area (Å²) in [6.07, 6.45) is 1.18. The lowest BCUT2D eigenvalue weighted by Crippen LogP contribution is -2.40. The minimum absolute atomic E-state index is 0. The van der Waals surface area contributed by atoms with Gasteiger partial charge < -0.3 is 16.0 Å². The summed E-state index contributed by atoms with van der Waals surface area (Å²) < 4.78 is 0. The molecule has 3 unspecified atom stereocenters. The highest BCUT2D eigenvalue weighted by Gasteiger charge is 2.22. The summed E-state index contributed by atoms with van der Waals surface area (Å²) in [4.78, 5) is 13.9. The van der Waals surface area contributed by atoms with Crippen LogP contribution in [0.25, 0.3) is 0 Å². The molecule has 0 bridgehead atoms. The number of amides is 1. The fourth-order valence-electron chi connectivity index (χ4n) is 1.84. The molecule has 1 rings (SSSR count). The predicted molar refractivity (Wildman–Crippen MR) is 75.9 cm³/mol. The van der Waals surface area contributed by atoms with Gasteiger partial charge in [-0.2, -0.15) is 0 Å². The fourth-order valence-corrected chi connectivity index (χ4v) is 1.84. The molecular formula is C11H25Cl2N3O. The Morgan fingerprint density at radius 2 is 2.06 bits per heavy atom. The standard InChI is InChI=1S/C11H23N3O.2ClH/c1-8(9(2)12)11(15)13-6-10-4-5-14(3)7-10;;/h8-10H,4-7,12H2,1-3H3,(H,13,15);2*1H. The van der Waals surface area contributed by atoms with Gasteiger partial charge in [0.2, 0.25) is 5.91 Å². The molecule has 0 saturated carbocycles. The van der Waals surface area contributed by atoms with Gasteiger partial charge >= 0.3 is 0 Å². The van der Waals surface area contributed by atoms with Crippen molar-refractivity contribution < 1.29 is 4.79 Å². The number of nitrogens with one attached hydrogen (secondary N) is 1. The second kappa shape index (κ2) is 8.97. The topological polar surface area (TPSA) is 58.4 Å². The van der Waals surface area contributed by atoms with Crippen LogP contribution in [0.1, 0.15) is 20.3 Å². The van der Waals surface area contributed by atoms with E-state index in [0.717, 1.165) is 19.6 Å². The Labute approximate surface area is 117 Å². The molecule has 0 radical (unpaired) electrons. The van der Waals surface area contributed by atoms with E-state index in [0.29, 0.717) is 5.92 Å². The Morgan fingerprint density at radius 1 is 1.47 bits per heavy atom. The van der Waals surface area contributed by atoms with E-state index >= 15 is 0 Å². The Balaban J connectivity index is 0. The van der Waals surface area contributed by atoms with Crippen molar-refractivity contribution in [3.05, 3.63) is 0 Å². The van der Waals surface area contributed by atoms with Crippen LogP contribution in [0, 0.1) is 11.8 Å². The van der Waals surface area contributed by atoms with Crippen LogP contribution >= 0.6 is 24.8 Å². The molecule has 17 heavy (non-hydrogen) atoms. The van der Waals surface area contributed by atoms with Crippen LogP contribution in [0.3, 0.4) is 0 Å². The fraction of sp³-hybridized carbons (Fsp3) is 0.909. The molecule has 6 heteroatoms. The molecule has 0 aromatic heterocycles. The number of hydrogen-bond acceptors (Lipinski definition) is 3. The molecule has 1 saturated heterocycles. The first-order valence-electron chi connectivity index (χ1n) is 5.72. The molecule has 104 valence electrons. The molecule has 1 fully saturated rings. The van der Waals surface area contributed by atoms with Crippen molar-refractivity contribution in [2.24, 2.45) is 17.6 Å². The number of halogens is 2. The average Bonchev–Trinajstić information content (AvgIpc) is 2.59. The van der Waals surface area contributed by atoms with E-state index in [1.807, 2.05) is 13.8 Å². The Morgan fingerprint density at radius 3 is 2.47 bits per heavy atom. The summed E-state index contributed by atoms with van der Waals surface area (Å²) in [5, 5.41) is 2.98. The van der Waals surface area contributed by atoms with Gasteiger partial charge in [-0.3, -0.25) is 4.79 Å². The molecule has 1 amide bonds. The van der Waals surface area contributed by atoms with Crippen LogP contribution in [0.5, 0.6) is 0 Å². The van der Waals surface area contributed by atoms with Crippen molar-refractivity contribution >= 4 is 30.7 Å². The van der Waals surface area contributed by atoms with Crippen molar-refractivity contribution in [2.75, 3.05) is 26.7 Å². The molecule has 1 heterocycles. The van der Waals surface area contributed by atoms with Crippen molar-refractivity contribution in [3.8, 4) is 0 Å². The lowest BCUT2D eigenvalue weighted by atomic mass is 10.0. The maximum Gasteiger partial charge on any atom is 0.224 e. The second-order valence-corrected chi connectivity index (χ2v) is 4.81. The summed E-state index contributed by atoms with van der Waals surface area (Å²) in [6.45, 7) is 6.77. The highest BCUT2D eigenvalue weighted by Crippen LogP contribution is 2.13. The van der Waals surface area contributed by atoms with Crippen molar-refractivity contribution in [1.82, 2.24) is 10.2 Å². The third kappa shape index (κ3) is 6.46. The van der Waals surface area contributed by atoms with Gasteiger partial charge in [0.05, 0.1) is 0 Å². The van der Waals surface area contributed by atoms with E-state index in [-0.39, 0.29) is 42.7 Å². The summed E-state index contributed by atoms with van der Waals surface area (Å²) in [6, 6.07) is -0.0729. The molecule has 0 aromatic rings. The molecule has 3 N–H and O–H groups in total. The number of nitrogens with two attached hydrogens (primary N) is 1. The van der Waals surface area contributed by atoms with Gasteiger partial charge in [-0.25, -0.2) is 0 Å².